The van der Waals surface area contributed by atoms with Crippen molar-refractivity contribution < 1.29 is 5.11 Å². The molecule has 1 aliphatic rings. The normalized spacial score (nSPS) is 15.5. The quantitative estimate of drug-likeness (QED) is 0.535. The van der Waals surface area contributed by atoms with Crippen LogP contribution < -0.4 is 4.90 Å². The minimum absolute atomic E-state index is 0. The van der Waals surface area contributed by atoms with Crippen molar-refractivity contribution in [3.05, 3.63) is 24.3 Å². The maximum atomic E-state index is 8.82. The van der Waals surface area contributed by atoms with Gasteiger partial charge in [0.05, 0.1) is 0 Å². The number of nitrogens with zero attached hydrogens (tertiary/aromatic N) is 2. The molecule has 23 heavy (non-hydrogen) atoms. The van der Waals surface area contributed by atoms with E-state index in [1.165, 1.54) is 35.7 Å². The van der Waals surface area contributed by atoms with E-state index in [0.29, 0.717) is 6.61 Å². The number of thioether (sulfide) groups is 1. The summed E-state index contributed by atoms with van der Waals surface area (Å²) in [6.45, 7) is 8.32. The molecule has 1 heterocycles. The summed E-state index contributed by atoms with van der Waals surface area (Å²) in [5, 5.41) is 8.82. The van der Waals surface area contributed by atoms with E-state index in [1.54, 1.807) is 0 Å². The van der Waals surface area contributed by atoms with Crippen molar-refractivity contribution in [3.8, 4) is 0 Å². The number of anilines is 1. The second-order valence-electron chi connectivity index (χ2n) is 5.96. The predicted molar refractivity (Wildman–Crippen MR) is 104 cm³/mol. The van der Waals surface area contributed by atoms with Crippen molar-refractivity contribution in [1.29, 1.82) is 0 Å². The van der Waals surface area contributed by atoms with Crippen LogP contribution in [0.25, 0.3) is 0 Å². The molecular weight excluding hydrogens is 328 g/mol. The van der Waals surface area contributed by atoms with Crippen LogP contribution in [0.5, 0.6) is 0 Å². The summed E-state index contributed by atoms with van der Waals surface area (Å²) in [7, 11) is 0. The van der Waals surface area contributed by atoms with Crippen molar-refractivity contribution in [3.63, 3.8) is 0 Å². The Morgan fingerprint density at radius 2 is 1.87 bits per heavy atom. The molecule has 0 bridgehead atoms. The highest BCUT2D eigenvalue weighted by atomic mass is 35.5. The molecule has 5 heteroatoms. The average molecular weight is 359 g/mol. The maximum Gasteiger partial charge on any atom is 0.0431 e. The fourth-order valence-corrected chi connectivity index (χ4v) is 3.66. The second-order valence-corrected chi connectivity index (χ2v) is 7.13. The van der Waals surface area contributed by atoms with Gasteiger partial charge in [0, 0.05) is 43.4 Å². The van der Waals surface area contributed by atoms with Gasteiger partial charge in [-0.15, -0.1) is 24.2 Å². The van der Waals surface area contributed by atoms with Crippen LogP contribution in [-0.4, -0.2) is 55.1 Å². The SMILES string of the molecule is CCCSc1cccc(N2CCN(CCCCCO)CC2)c1.Cl. The minimum atomic E-state index is 0. The summed E-state index contributed by atoms with van der Waals surface area (Å²) in [5.41, 5.74) is 1.38. The second kappa shape index (κ2) is 12.0. The molecule has 132 valence electrons. The van der Waals surface area contributed by atoms with Crippen LogP contribution in [0.1, 0.15) is 32.6 Å². The van der Waals surface area contributed by atoms with Crippen LogP contribution in [0.2, 0.25) is 0 Å². The van der Waals surface area contributed by atoms with Gasteiger partial charge in [-0.2, -0.15) is 0 Å². The van der Waals surface area contributed by atoms with Gasteiger partial charge in [-0.05, 0) is 56.2 Å². The number of halogens is 1. The van der Waals surface area contributed by atoms with E-state index >= 15 is 0 Å². The number of aliphatic hydroxyl groups excluding tert-OH is 1. The first-order chi connectivity index (χ1) is 10.8. The van der Waals surface area contributed by atoms with Gasteiger partial charge in [-0.25, -0.2) is 0 Å². The largest absolute Gasteiger partial charge is 0.396 e. The third-order valence-electron chi connectivity index (χ3n) is 4.16. The monoisotopic (exact) mass is 358 g/mol. The van der Waals surface area contributed by atoms with E-state index < -0.39 is 0 Å². The highest BCUT2D eigenvalue weighted by molar-refractivity contribution is 7.99. The minimum Gasteiger partial charge on any atom is -0.396 e. The lowest BCUT2D eigenvalue weighted by molar-refractivity contribution is 0.242. The van der Waals surface area contributed by atoms with E-state index in [4.69, 9.17) is 5.11 Å². The third-order valence-corrected chi connectivity index (χ3v) is 5.36. The Labute approximate surface area is 151 Å². The molecule has 0 aliphatic carbocycles. The van der Waals surface area contributed by atoms with E-state index in [2.05, 4.69) is 41.0 Å². The zero-order valence-corrected chi connectivity index (χ0v) is 15.9. The highest BCUT2D eigenvalue weighted by Crippen LogP contribution is 2.25. The van der Waals surface area contributed by atoms with Gasteiger partial charge in [-0.1, -0.05) is 13.0 Å². The lowest BCUT2D eigenvalue weighted by Gasteiger charge is -2.36. The van der Waals surface area contributed by atoms with Gasteiger partial charge in [0.15, 0.2) is 0 Å². The molecule has 1 N–H and O–H groups in total. The topological polar surface area (TPSA) is 26.7 Å². The Morgan fingerprint density at radius 1 is 1.09 bits per heavy atom. The van der Waals surface area contributed by atoms with Crippen LogP contribution in [0, 0.1) is 0 Å². The summed E-state index contributed by atoms with van der Waals surface area (Å²) < 4.78 is 0. The summed E-state index contributed by atoms with van der Waals surface area (Å²) in [5.74, 6) is 1.20. The predicted octanol–water partition coefficient (Wildman–Crippen LogP) is 3.90. The highest BCUT2D eigenvalue weighted by Gasteiger charge is 2.16. The third kappa shape index (κ3) is 7.34. The van der Waals surface area contributed by atoms with Crippen molar-refractivity contribution in [2.75, 3.05) is 50.0 Å². The van der Waals surface area contributed by atoms with Crippen molar-refractivity contribution in [1.82, 2.24) is 4.90 Å². The lowest BCUT2D eigenvalue weighted by Crippen LogP contribution is -2.46. The van der Waals surface area contributed by atoms with Gasteiger partial charge in [0.25, 0.3) is 0 Å². The van der Waals surface area contributed by atoms with Gasteiger partial charge in [0.1, 0.15) is 0 Å². The number of benzene rings is 1. The molecule has 2 rings (SSSR count). The smallest absolute Gasteiger partial charge is 0.0431 e. The van der Waals surface area contributed by atoms with Crippen LogP contribution >= 0.6 is 24.2 Å². The van der Waals surface area contributed by atoms with Gasteiger partial charge < -0.3 is 10.0 Å². The van der Waals surface area contributed by atoms with Gasteiger partial charge >= 0.3 is 0 Å². The Kier molecular flexibility index (Phi) is 10.8. The zero-order valence-electron chi connectivity index (χ0n) is 14.2. The van der Waals surface area contributed by atoms with E-state index in [-0.39, 0.29) is 12.4 Å². The van der Waals surface area contributed by atoms with Crippen molar-refractivity contribution in [2.24, 2.45) is 0 Å². The lowest BCUT2D eigenvalue weighted by atomic mass is 10.2. The Balaban J connectivity index is 0.00000264. The number of rotatable bonds is 9. The molecule has 0 aromatic heterocycles. The molecule has 0 spiro atoms. The first-order valence-corrected chi connectivity index (χ1v) is 9.63. The first kappa shape index (κ1) is 20.6. The van der Waals surface area contributed by atoms with E-state index in [1.807, 2.05) is 11.8 Å². The number of aliphatic hydroxyl groups is 1. The van der Waals surface area contributed by atoms with Crippen LogP contribution in [0.15, 0.2) is 29.2 Å². The van der Waals surface area contributed by atoms with Crippen LogP contribution in [0.4, 0.5) is 5.69 Å². The Bertz CT molecular complexity index is 425. The van der Waals surface area contributed by atoms with Gasteiger partial charge in [-0.3, -0.25) is 4.90 Å². The number of unbranched alkanes of at least 4 members (excludes halogenated alkanes) is 2. The summed E-state index contributed by atoms with van der Waals surface area (Å²) >= 11 is 1.96. The first-order valence-electron chi connectivity index (χ1n) is 8.64. The molecule has 1 saturated heterocycles. The van der Waals surface area contributed by atoms with Crippen LogP contribution in [-0.2, 0) is 0 Å². The molecule has 1 aromatic carbocycles. The molecule has 1 fully saturated rings. The molecule has 0 amide bonds. The number of hydrogen-bond acceptors (Lipinski definition) is 4. The Morgan fingerprint density at radius 3 is 2.57 bits per heavy atom. The van der Waals surface area contributed by atoms with E-state index in [0.717, 1.165) is 39.0 Å². The fraction of sp³-hybridized carbons (Fsp3) is 0.667. The van der Waals surface area contributed by atoms with Crippen molar-refractivity contribution >= 4 is 29.9 Å². The van der Waals surface area contributed by atoms with Crippen LogP contribution in [0.3, 0.4) is 0 Å². The number of hydrogen-bond donors (Lipinski definition) is 1. The fourth-order valence-electron chi connectivity index (χ4n) is 2.84. The summed E-state index contributed by atoms with van der Waals surface area (Å²) in [4.78, 5) is 6.47. The average Bonchev–Trinajstić information content (AvgIpc) is 2.58. The molecule has 3 nitrogen and oxygen atoms in total. The van der Waals surface area contributed by atoms with Crippen molar-refractivity contribution in [2.45, 2.75) is 37.5 Å². The molecule has 0 saturated carbocycles. The Hall–Kier alpha value is -0.420. The summed E-state index contributed by atoms with van der Waals surface area (Å²) in [6, 6.07) is 9.00. The molecule has 0 unspecified atom stereocenters. The molecule has 0 atom stereocenters. The van der Waals surface area contributed by atoms with E-state index in [9.17, 15) is 0 Å². The standard InChI is InChI=1S/C18H30N2OS.ClH/c1-2-15-22-18-8-6-7-17(16-18)20-12-10-19(11-13-20)9-4-3-5-14-21;/h6-8,16,21H,2-5,9-15H2,1H3;1H. The van der Waals surface area contributed by atoms with Gasteiger partial charge in [0.2, 0.25) is 0 Å². The molecule has 1 aromatic rings. The zero-order chi connectivity index (χ0) is 15.6. The maximum absolute atomic E-state index is 8.82. The molecule has 1 aliphatic heterocycles. The summed E-state index contributed by atoms with van der Waals surface area (Å²) in [6.07, 6.45) is 4.53. The molecular formula is C18H31ClN2OS. The molecule has 0 radical (unpaired) electrons. The number of piperazine rings is 1.